The Balaban J connectivity index is 1.93. The van der Waals surface area contributed by atoms with E-state index in [1.807, 2.05) is 67.8 Å². The molecule has 146 valence electrons. The van der Waals surface area contributed by atoms with Gasteiger partial charge in [-0.15, -0.1) is 10.2 Å². The number of ether oxygens (including phenoxy) is 1. The summed E-state index contributed by atoms with van der Waals surface area (Å²) < 4.78 is 7.15. The number of nitrogens with zero attached hydrogens (tertiary/aromatic N) is 4. The molecule has 3 rings (SSSR count). The molecule has 8 heteroatoms. The largest absolute Gasteiger partial charge is 0.497 e. The SMILES string of the molecule is COc1ccc(-n2c(SCC(=O)NC(C)(C)C)nnc2-c2ccccn2)cc1. The number of thioether (sulfide) groups is 1. The number of benzene rings is 1. The van der Waals surface area contributed by atoms with Crippen molar-refractivity contribution in [2.24, 2.45) is 0 Å². The third kappa shape index (κ3) is 4.89. The van der Waals surface area contributed by atoms with Gasteiger partial charge in [0, 0.05) is 11.7 Å². The van der Waals surface area contributed by atoms with Gasteiger partial charge in [-0.25, -0.2) is 0 Å². The van der Waals surface area contributed by atoms with Gasteiger partial charge in [-0.1, -0.05) is 17.8 Å². The van der Waals surface area contributed by atoms with Gasteiger partial charge in [-0.3, -0.25) is 14.3 Å². The predicted octanol–water partition coefficient (Wildman–Crippen LogP) is 3.34. The van der Waals surface area contributed by atoms with Gasteiger partial charge in [0.15, 0.2) is 11.0 Å². The van der Waals surface area contributed by atoms with E-state index in [2.05, 4.69) is 20.5 Å². The van der Waals surface area contributed by atoms with Crippen molar-refractivity contribution in [2.45, 2.75) is 31.5 Å². The van der Waals surface area contributed by atoms with E-state index in [-0.39, 0.29) is 17.2 Å². The number of rotatable bonds is 6. The Morgan fingerprint density at radius 2 is 1.89 bits per heavy atom. The molecule has 1 N–H and O–H groups in total. The van der Waals surface area contributed by atoms with Crippen LogP contribution in [0.2, 0.25) is 0 Å². The number of methoxy groups -OCH3 is 1. The van der Waals surface area contributed by atoms with Crippen LogP contribution in [0, 0.1) is 0 Å². The highest BCUT2D eigenvalue weighted by Gasteiger charge is 2.19. The summed E-state index contributed by atoms with van der Waals surface area (Å²) in [5, 5.41) is 12.2. The van der Waals surface area contributed by atoms with Crippen molar-refractivity contribution < 1.29 is 9.53 Å². The zero-order valence-electron chi connectivity index (χ0n) is 16.3. The molecule has 0 aliphatic heterocycles. The maximum absolute atomic E-state index is 12.2. The maximum atomic E-state index is 12.2. The highest BCUT2D eigenvalue weighted by atomic mass is 32.2. The van der Waals surface area contributed by atoms with E-state index in [9.17, 15) is 4.79 Å². The fourth-order valence-electron chi connectivity index (χ4n) is 2.57. The normalized spacial score (nSPS) is 11.3. The molecule has 7 nitrogen and oxygen atoms in total. The van der Waals surface area contributed by atoms with Crippen LogP contribution in [0.15, 0.2) is 53.8 Å². The highest BCUT2D eigenvalue weighted by molar-refractivity contribution is 7.99. The first-order chi connectivity index (χ1) is 13.4. The number of nitrogens with one attached hydrogen (secondary N) is 1. The molecule has 2 heterocycles. The van der Waals surface area contributed by atoms with Crippen LogP contribution in [0.1, 0.15) is 20.8 Å². The van der Waals surface area contributed by atoms with Crippen LogP contribution in [0.5, 0.6) is 5.75 Å². The number of hydrogen-bond acceptors (Lipinski definition) is 6. The second-order valence-electron chi connectivity index (χ2n) is 7.14. The predicted molar refractivity (Wildman–Crippen MR) is 110 cm³/mol. The Labute approximate surface area is 168 Å². The molecular formula is C20H23N5O2S. The molecule has 0 aliphatic rings. The standard InChI is InChI=1S/C20H23N5O2S/c1-20(2,3)22-17(26)13-28-19-24-23-18(16-7-5-6-12-21-16)25(19)14-8-10-15(27-4)11-9-14/h5-12H,13H2,1-4H3,(H,22,26). The minimum atomic E-state index is -0.277. The zero-order valence-corrected chi connectivity index (χ0v) is 17.2. The van der Waals surface area contributed by atoms with Gasteiger partial charge in [0.1, 0.15) is 11.4 Å². The highest BCUT2D eigenvalue weighted by Crippen LogP contribution is 2.28. The first kappa shape index (κ1) is 19.9. The minimum absolute atomic E-state index is 0.0545. The van der Waals surface area contributed by atoms with Gasteiger partial charge in [0.25, 0.3) is 0 Å². The van der Waals surface area contributed by atoms with Crippen LogP contribution in [-0.4, -0.2) is 44.1 Å². The summed E-state index contributed by atoms with van der Waals surface area (Å²) in [7, 11) is 1.63. The molecule has 0 radical (unpaired) electrons. The average molecular weight is 398 g/mol. The third-order valence-corrected chi connectivity index (χ3v) is 4.63. The van der Waals surface area contributed by atoms with E-state index < -0.39 is 0 Å². The molecule has 2 aromatic heterocycles. The molecule has 1 amide bonds. The summed E-state index contributed by atoms with van der Waals surface area (Å²) in [5.74, 6) is 1.56. The van der Waals surface area contributed by atoms with E-state index >= 15 is 0 Å². The van der Waals surface area contributed by atoms with Gasteiger partial charge in [0.05, 0.1) is 18.6 Å². The van der Waals surface area contributed by atoms with Crippen molar-refractivity contribution in [2.75, 3.05) is 12.9 Å². The van der Waals surface area contributed by atoms with Crippen LogP contribution in [-0.2, 0) is 4.79 Å². The Morgan fingerprint density at radius 1 is 1.14 bits per heavy atom. The number of hydrogen-bond donors (Lipinski definition) is 1. The summed E-state index contributed by atoms with van der Waals surface area (Å²) in [4.78, 5) is 16.6. The van der Waals surface area contributed by atoms with Crippen LogP contribution in [0.4, 0.5) is 0 Å². The van der Waals surface area contributed by atoms with Gasteiger partial charge in [0.2, 0.25) is 5.91 Å². The van der Waals surface area contributed by atoms with Crippen LogP contribution < -0.4 is 10.1 Å². The number of aromatic nitrogens is 4. The van der Waals surface area contributed by atoms with Gasteiger partial charge in [-0.05, 0) is 57.2 Å². The van der Waals surface area contributed by atoms with Crippen molar-refractivity contribution in [1.29, 1.82) is 0 Å². The Morgan fingerprint density at radius 3 is 2.50 bits per heavy atom. The second-order valence-corrected chi connectivity index (χ2v) is 8.08. The van der Waals surface area contributed by atoms with E-state index in [4.69, 9.17) is 4.74 Å². The van der Waals surface area contributed by atoms with Crippen molar-refractivity contribution in [3.8, 4) is 23.0 Å². The molecular weight excluding hydrogens is 374 g/mol. The number of carbonyl (C=O) groups excluding carboxylic acids is 1. The summed E-state index contributed by atoms with van der Waals surface area (Å²) in [5.41, 5.74) is 1.29. The third-order valence-electron chi connectivity index (χ3n) is 3.70. The number of carbonyl (C=O) groups is 1. The van der Waals surface area contributed by atoms with Gasteiger partial charge in [-0.2, -0.15) is 0 Å². The Kier molecular flexibility index (Phi) is 5.99. The summed E-state index contributed by atoms with van der Waals surface area (Å²) in [6.45, 7) is 5.86. The van der Waals surface area contributed by atoms with Crippen molar-refractivity contribution >= 4 is 17.7 Å². The van der Waals surface area contributed by atoms with Crippen LogP contribution >= 0.6 is 11.8 Å². The fourth-order valence-corrected chi connectivity index (χ4v) is 3.32. The molecule has 0 unspecified atom stereocenters. The van der Waals surface area contributed by atoms with Crippen molar-refractivity contribution in [3.05, 3.63) is 48.7 Å². The van der Waals surface area contributed by atoms with Gasteiger partial charge < -0.3 is 10.1 Å². The van der Waals surface area contributed by atoms with E-state index in [0.29, 0.717) is 16.7 Å². The Bertz CT molecular complexity index is 933. The van der Waals surface area contributed by atoms with E-state index in [1.54, 1.807) is 13.3 Å². The topological polar surface area (TPSA) is 81.9 Å². The molecule has 1 aromatic carbocycles. The average Bonchev–Trinajstić information content (AvgIpc) is 3.10. The molecule has 0 saturated carbocycles. The zero-order chi connectivity index (χ0) is 20.1. The lowest BCUT2D eigenvalue weighted by molar-refractivity contribution is -0.119. The smallest absolute Gasteiger partial charge is 0.230 e. The maximum Gasteiger partial charge on any atom is 0.230 e. The molecule has 0 fully saturated rings. The molecule has 28 heavy (non-hydrogen) atoms. The molecule has 0 aliphatic carbocycles. The van der Waals surface area contributed by atoms with Crippen LogP contribution in [0.3, 0.4) is 0 Å². The van der Waals surface area contributed by atoms with E-state index in [0.717, 1.165) is 11.4 Å². The van der Waals surface area contributed by atoms with E-state index in [1.165, 1.54) is 11.8 Å². The minimum Gasteiger partial charge on any atom is -0.497 e. The van der Waals surface area contributed by atoms with Gasteiger partial charge >= 0.3 is 0 Å². The monoisotopic (exact) mass is 397 g/mol. The summed E-state index contributed by atoms with van der Waals surface area (Å²) in [6.07, 6.45) is 1.71. The van der Waals surface area contributed by atoms with Crippen LogP contribution in [0.25, 0.3) is 17.2 Å². The fraction of sp³-hybridized carbons (Fsp3) is 0.300. The summed E-state index contributed by atoms with van der Waals surface area (Å²) in [6, 6.07) is 13.2. The number of pyridine rings is 1. The molecule has 0 atom stereocenters. The first-order valence-electron chi connectivity index (χ1n) is 8.82. The lowest BCUT2D eigenvalue weighted by Crippen LogP contribution is -2.41. The second kappa shape index (κ2) is 8.43. The van der Waals surface area contributed by atoms with Crippen molar-refractivity contribution in [3.63, 3.8) is 0 Å². The molecule has 0 bridgehead atoms. The lowest BCUT2D eigenvalue weighted by atomic mass is 10.1. The quantitative estimate of drug-likeness (QED) is 0.643. The molecule has 0 saturated heterocycles. The lowest BCUT2D eigenvalue weighted by Gasteiger charge is -2.20. The Hall–Kier alpha value is -2.87. The summed E-state index contributed by atoms with van der Waals surface area (Å²) >= 11 is 1.33. The number of amides is 1. The first-order valence-corrected chi connectivity index (χ1v) is 9.81. The molecule has 3 aromatic rings. The molecule has 0 spiro atoms. The van der Waals surface area contributed by atoms with Crippen molar-refractivity contribution in [1.82, 2.24) is 25.1 Å².